The van der Waals surface area contributed by atoms with Crippen LogP contribution in [0.5, 0.6) is 0 Å². The van der Waals surface area contributed by atoms with Gasteiger partial charge < -0.3 is 25.0 Å². The van der Waals surface area contributed by atoms with E-state index >= 15 is 4.39 Å². The highest BCUT2D eigenvalue weighted by Gasteiger charge is 2.65. The highest BCUT2D eigenvalue weighted by molar-refractivity contribution is 5.89. The van der Waals surface area contributed by atoms with Crippen LogP contribution in [-0.2, 0) is 19.1 Å². The van der Waals surface area contributed by atoms with Gasteiger partial charge in [0.05, 0.1) is 65.6 Å². The molecule has 1 aromatic rings. The summed E-state index contributed by atoms with van der Waals surface area (Å²) in [5, 5.41) is 25.0. The molecule has 0 bridgehead atoms. The van der Waals surface area contributed by atoms with Gasteiger partial charge in [0, 0.05) is 12.6 Å². The maximum Gasteiger partial charge on any atom is 0.223 e. The Morgan fingerprint density at radius 1 is 1.26 bits per heavy atom. The van der Waals surface area contributed by atoms with Crippen LogP contribution in [0.2, 0.25) is 0 Å². The summed E-state index contributed by atoms with van der Waals surface area (Å²) in [5.41, 5.74) is -2.04. The standard InChI is InChI=1S/C30H43FN2O6/c1-6-30-16-21(20(31)14-19-11-7-8-13-32-19)33-24(35)15-23(34)28(3,4)27(37)25(22-17-38-22)26(36)18(2)10-9-12-29(30,5)39-30/h7-8,11,13-14,18,21-23,25-26,34,36H,6,9-10,12,15-17H2,1-5H3,(H,33,35)/t18-,21-,22?,23-,25?,26+,29?,30+/m0/s1. The lowest BCUT2D eigenvalue weighted by Gasteiger charge is -2.35. The Bertz CT molecular complexity index is 1080. The van der Waals surface area contributed by atoms with Gasteiger partial charge >= 0.3 is 0 Å². The lowest BCUT2D eigenvalue weighted by atomic mass is 9.71. The highest BCUT2D eigenvalue weighted by atomic mass is 19.1. The van der Waals surface area contributed by atoms with Crippen LogP contribution >= 0.6 is 0 Å². The number of hydrogen-bond donors (Lipinski definition) is 3. The maximum absolute atomic E-state index is 15.7. The average Bonchev–Trinajstić information content (AvgIpc) is 3.81. The summed E-state index contributed by atoms with van der Waals surface area (Å²) in [5.74, 6) is -2.45. The van der Waals surface area contributed by atoms with Gasteiger partial charge in [0.2, 0.25) is 5.91 Å². The Hall–Kier alpha value is -2.20. The number of pyridine rings is 1. The number of nitrogens with zero attached hydrogens (tertiary/aromatic N) is 1. The average molecular weight is 547 g/mol. The predicted octanol–water partition coefficient (Wildman–Crippen LogP) is 3.75. The van der Waals surface area contributed by atoms with Crippen LogP contribution in [0.25, 0.3) is 6.08 Å². The van der Waals surface area contributed by atoms with Gasteiger partial charge in [0.25, 0.3) is 0 Å². The normalized spacial score (nSPS) is 39.9. The van der Waals surface area contributed by atoms with Crippen molar-refractivity contribution in [3.05, 3.63) is 35.9 Å². The Morgan fingerprint density at radius 3 is 2.59 bits per heavy atom. The molecule has 3 N–H and O–H groups in total. The zero-order valence-electron chi connectivity index (χ0n) is 23.7. The van der Waals surface area contributed by atoms with Crippen LogP contribution in [-0.4, -0.2) is 69.1 Å². The lowest BCUT2D eigenvalue weighted by molar-refractivity contribution is -0.145. The van der Waals surface area contributed by atoms with Crippen molar-refractivity contribution in [1.29, 1.82) is 0 Å². The molecule has 3 fully saturated rings. The third-order valence-corrected chi connectivity index (χ3v) is 9.26. The van der Waals surface area contributed by atoms with E-state index in [0.717, 1.165) is 6.42 Å². The van der Waals surface area contributed by atoms with Crippen molar-refractivity contribution in [2.45, 2.75) is 109 Å². The second kappa shape index (κ2) is 11.4. The largest absolute Gasteiger partial charge is 0.392 e. The number of aliphatic hydroxyl groups excluding tert-OH is 2. The number of epoxide rings is 2. The minimum atomic E-state index is -1.34. The van der Waals surface area contributed by atoms with Gasteiger partial charge in [0.1, 0.15) is 11.6 Å². The van der Waals surface area contributed by atoms with Crippen molar-refractivity contribution in [1.82, 2.24) is 10.3 Å². The Balaban J connectivity index is 1.65. The van der Waals surface area contributed by atoms with Crippen molar-refractivity contribution < 1.29 is 33.7 Å². The smallest absolute Gasteiger partial charge is 0.223 e. The van der Waals surface area contributed by atoms with E-state index in [9.17, 15) is 19.8 Å². The predicted molar refractivity (Wildman–Crippen MR) is 144 cm³/mol. The quantitative estimate of drug-likeness (QED) is 0.492. The number of nitrogens with one attached hydrogen (secondary N) is 1. The second-order valence-electron chi connectivity index (χ2n) is 12.4. The van der Waals surface area contributed by atoms with E-state index in [4.69, 9.17) is 9.47 Å². The molecule has 8 nitrogen and oxygen atoms in total. The number of aliphatic hydroxyl groups is 2. The number of ketones is 1. The Labute approximate surface area is 230 Å². The summed E-state index contributed by atoms with van der Waals surface area (Å²) in [6.07, 6.45) is 2.78. The van der Waals surface area contributed by atoms with Crippen LogP contribution < -0.4 is 5.32 Å². The number of Topliss-reactive ketones (excluding diaryl/α,β-unsaturated/α-hetero) is 1. The van der Waals surface area contributed by atoms with E-state index in [0.29, 0.717) is 31.6 Å². The monoisotopic (exact) mass is 546 g/mol. The molecule has 8 atom stereocenters. The number of ether oxygens (including phenoxy) is 2. The third kappa shape index (κ3) is 6.26. The fourth-order valence-electron chi connectivity index (χ4n) is 6.15. The molecular weight excluding hydrogens is 503 g/mol. The second-order valence-corrected chi connectivity index (χ2v) is 12.4. The summed E-state index contributed by atoms with van der Waals surface area (Å²) < 4.78 is 27.4. The van der Waals surface area contributed by atoms with E-state index in [1.54, 1.807) is 38.2 Å². The van der Waals surface area contributed by atoms with Crippen LogP contribution in [0.1, 0.15) is 78.8 Å². The van der Waals surface area contributed by atoms with Gasteiger partial charge in [-0.25, -0.2) is 4.39 Å². The number of aromatic nitrogens is 1. The lowest BCUT2D eigenvalue weighted by Crippen LogP contribution is -2.50. The first-order chi connectivity index (χ1) is 18.3. The van der Waals surface area contributed by atoms with E-state index in [-0.39, 0.29) is 18.1 Å². The Morgan fingerprint density at radius 2 is 1.97 bits per heavy atom. The molecule has 1 aromatic heterocycles. The molecule has 0 saturated carbocycles. The maximum atomic E-state index is 15.7. The fourth-order valence-corrected chi connectivity index (χ4v) is 6.15. The minimum Gasteiger partial charge on any atom is -0.392 e. The van der Waals surface area contributed by atoms with E-state index < -0.39 is 65.0 Å². The van der Waals surface area contributed by atoms with Crippen LogP contribution in [0, 0.1) is 17.3 Å². The molecule has 1 amide bonds. The van der Waals surface area contributed by atoms with E-state index in [1.807, 2.05) is 20.8 Å². The third-order valence-electron chi connectivity index (χ3n) is 9.26. The molecule has 0 aromatic carbocycles. The molecule has 4 heterocycles. The van der Waals surface area contributed by atoms with E-state index in [1.165, 1.54) is 6.08 Å². The summed E-state index contributed by atoms with van der Waals surface area (Å²) in [7, 11) is 0. The first kappa shape index (κ1) is 29.8. The molecular formula is C30H43FN2O6. The zero-order chi connectivity index (χ0) is 28.6. The molecule has 3 unspecified atom stereocenters. The van der Waals surface area contributed by atoms with Crippen molar-refractivity contribution in [2.75, 3.05) is 6.61 Å². The molecule has 0 aliphatic carbocycles. The van der Waals surface area contributed by atoms with Gasteiger partial charge in [-0.05, 0) is 50.3 Å². The van der Waals surface area contributed by atoms with Crippen molar-refractivity contribution in [2.24, 2.45) is 17.3 Å². The number of carbonyl (C=O) groups is 2. The molecule has 3 aliphatic heterocycles. The van der Waals surface area contributed by atoms with Gasteiger partial charge in [-0.1, -0.05) is 40.2 Å². The summed E-state index contributed by atoms with van der Waals surface area (Å²) in [6.45, 7) is 9.46. The molecule has 9 heteroatoms. The number of carbonyl (C=O) groups excluding carboxylic acids is 2. The molecule has 3 saturated heterocycles. The topological polar surface area (TPSA) is 125 Å². The van der Waals surface area contributed by atoms with Gasteiger partial charge in [-0.15, -0.1) is 0 Å². The molecule has 0 radical (unpaired) electrons. The van der Waals surface area contributed by atoms with Gasteiger partial charge in [0.15, 0.2) is 0 Å². The number of hydrogen-bond acceptors (Lipinski definition) is 7. The van der Waals surface area contributed by atoms with Crippen LogP contribution in [0.4, 0.5) is 4.39 Å². The van der Waals surface area contributed by atoms with Crippen molar-refractivity contribution in [3.63, 3.8) is 0 Å². The van der Waals surface area contributed by atoms with Gasteiger partial charge in [-0.3, -0.25) is 14.6 Å². The minimum absolute atomic E-state index is 0.183. The summed E-state index contributed by atoms with van der Waals surface area (Å²) in [4.78, 5) is 31.0. The van der Waals surface area contributed by atoms with Crippen molar-refractivity contribution >= 4 is 17.8 Å². The summed E-state index contributed by atoms with van der Waals surface area (Å²) in [6, 6.07) is 4.18. The van der Waals surface area contributed by atoms with Crippen LogP contribution in [0.15, 0.2) is 30.2 Å². The molecule has 3 aliphatic rings. The van der Waals surface area contributed by atoms with E-state index in [2.05, 4.69) is 10.3 Å². The summed E-state index contributed by atoms with van der Waals surface area (Å²) >= 11 is 0. The number of rotatable bonds is 4. The van der Waals surface area contributed by atoms with Crippen molar-refractivity contribution in [3.8, 4) is 0 Å². The zero-order valence-corrected chi connectivity index (χ0v) is 23.7. The first-order valence-corrected chi connectivity index (χ1v) is 14.1. The molecule has 39 heavy (non-hydrogen) atoms. The fraction of sp³-hybridized carbons (Fsp3) is 0.700. The molecule has 4 rings (SSSR count). The Kier molecular flexibility index (Phi) is 8.67. The SMILES string of the molecule is CC[C@@]12C[C@@H](C(F)=Cc3ccccn3)NC(=O)C[C@H](O)C(C)(C)C(=O)C(C3CO3)[C@H](O)[C@@H](C)CCCC1(C)O2. The number of amides is 1. The highest BCUT2D eigenvalue weighted by Crippen LogP contribution is 2.56. The number of halogens is 1. The molecule has 216 valence electrons. The number of fused-ring (bicyclic) bond motifs is 1. The van der Waals surface area contributed by atoms with Crippen LogP contribution in [0.3, 0.4) is 0 Å². The van der Waals surface area contributed by atoms with Gasteiger partial charge in [-0.2, -0.15) is 0 Å². The molecule has 0 spiro atoms. The first-order valence-electron chi connectivity index (χ1n) is 14.1.